The number of methoxy groups -OCH3 is 1. The summed E-state index contributed by atoms with van der Waals surface area (Å²) >= 11 is 0. The van der Waals surface area contributed by atoms with Crippen molar-refractivity contribution in [1.29, 1.82) is 0 Å². The van der Waals surface area contributed by atoms with Crippen molar-refractivity contribution >= 4 is 28.4 Å². The van der Waals surface area contributed by atoms with Crippen molar-refractivity contribution in [1.82, 2.24) is 9.97 Å². The molecule has 0 aliphatic rings. The first-order valence-electron chi connectivity index (χ1n) is 5.70. The number of carbonyl (C=O) groups is 1. The summed E-state index contributed by atoms with van der Waals surface area (Å²) < 4.78 is 4.58. The number of rotatable bonds is 4. The highest BCUT2D eigenvalue weighted by atomic mass is 16.6. The molecule has 0 saturated carbocycles. The Bertz CT molecular complexity index is 674. The molecule has 0 aliphatic carbocycles. The van der Waals surface area contributed by atoms with E-state index in [1.165, 1.54) is 25.6 Å². The number of fused-ring (bicyclic) bond motifs is 1. The second-order valence-electron chi connectivity index (χ2n) is 4.09. The molecule has 0 spiro atoms. The SMILES string of the molecule is COC(=O)CN(C)c1ncnc2ccc([N+](=O)[O-])cc12. The monoisotopic (exact) mass is 276 g/mol. The highest BCUT2D eigenvalue weighted by Crippen LogP contribution is 2.26. The molecule has 0 unspecified atom stereocenters. The summed E-state index contributed by atoms with van der Waals surface area (Å²) in [7, 11) is 2.94. The zero-order chi connectivity index (χ0) is 14.7. The first kappa shape index (κ1) is 13.7. The lowest BCUT2D eigenvalue weighted by Gasteiger charge is -2.17. The summed E-state index contributed by atoms with van der Waals surface area (Å²) in [4.78, 5) is 31.3. The van der Waals surface area contributed by atoms with Crippen LogP contribution in [0, 0.1) is 10.1 Å². The topological polar surface area (TPSA) is 98.5 Å². The van der Waals surface area contributed by atoms with Gasteiger partial charge in [-0.15, -0.1) is 0 Å². The third kappa shape index (κ3) is 2.63. The van der Waals surface area contributed by atoms with Crippen molar-refractivity contribution in [2.75, 3.05) is 25.6 Å². The standard InChI is InChI=1S/C12H12N4O4/c1-15(6-11(17)20-2)12-9-5-8(16(18)19)3-4-10(9)13-7-14-12/h3-5,7H,6H2,1-2H3. The van der Waals surface area contributed by atoms with Crippen LogP contribution in [-0.4, -0.2) is 41.6 Å². The second-order valence-corrected chi connectivity index (χ2v) is 4.09. The molecule has 104 valence electrons. The molecule has 0 bridgehead atoms. The zero-order valence-corrected chi connectivity index (χ0v) is 10.9. The Morgan fingerprint density at radius 2 is 2.20 bits per heavy atom. The molecule has 20 heavy (non-hydrogen) atoms. The van der Waals surface area contributed by atoms with Crippen LogP contribution in [0.2, 0.25) is 0 Å². The summed E-state index contributed by atoms with van der Waals surface area (Å²) in [6, 6.07) is 4.31. The number of non-ortho nitro benzene ring substituents is 1. The first-order chi connectivity index (χ1) is 9.52. The molecule has 0 radical (unpaired) electrons. The van der Waals surface area contributed by atoms with Gasteiger partial charge in [-0.25, -0.2) is 9.97 Å². The molecular formula is C12H12N4O4. The van der Waals surface area contributed by atoms with Gasteiger partial charge in [-0.1, -0.05) is 0 Å². The third-order valence-electron chi connectivity index (χ3n) is 2.76. The number of nitro benzene ring substituents is 1. The van der Waals surface area contributed by atoms with E-state index >= 15 is 0 Å². The number of carbonyl (C=O) groups excluding carboxylic acids is 1. The van der Waals surface area contributed by atoms with Crippen molar-refractivity contribution in [2.45, 2.75) is 0 Å². The molecule has 1 heterocycles. The predicted octanol–water partition coefficient (Wildman–Crippen LogP) is 1.15. The summed E-state index contributed by atoms with van der Waals surface area (Å²) in [6.45, 7) is -0.00863. The molecule has 0 atom stereocenters. The number of aromatic nitrogens is 2. The smallest absolute Gasteiger partial charge is 0.325 e. The average molecular weight is 276 g/mol. The molecule has 2 rings (SSSR count). The number of benzene rings is 1. The molecule has 1 aromatic heterocycles. The van der Waals surface area contributed by atoms with Gasteiger partial charge in [0.05, 0.1) is 17.5 Å². The molecular weight excluding hydrogens is 264 g/mol. The molecule has 8 nitrogen and oxygen atoms in total. The van der Waals surface area contributed by atoms with Gasteiger partial charge < -0.3 is 9.64 Å². The van der Waals surface area contributed by atoms with Crippen LogP contribution in [-0.2, 0) is 9.53 Å². The Morgan fingerprint density at radius 3 is 2.85 bits per heavy atom. The fourth-order valence-electron chi connectivity index (χ4n) is 1.78. The van der Waals surface area contributed by atoms with Gasteiger partial charge in [0.1, 0.15) is 18.7 Å². The summed E-state index contributed by atoms with van der Waals surface area (Å²) in [5.41, 5.74) is 0.511. The Balaban J connectivity index is 2.49. The summed E-state index contributed by atoms with van der Waals surface area (Å²) in [6.07, 6.45) is 1.34. The van der Waals surface area contributed by atoms with E-state index in [4.69, 9.17) is 0 Å². The van der Waals surface area contributed by atoms with Gasteiger partial charge in [0, 0.05) is 24.6 Å². The predicted molar refractivity (Wildman–Crippen MR) is 71.5 cm³/mol. The van der Waals surface area contributed by atoms with E-state index in [2.05, 4.69) is 14.7 Å². The van der Waals surface area contributed by atoms with Gasteiger partial charge in [-0.3, -0.25) is 14.9 Å². The first-order valence-corrected chi connectivity index (χ1v) is 5.70. The van der Waals surface area contributed by atoms with Crippen molar-refractivity contribution in [3.8, 4) is 0 Å². The number of esters is 1. The lowest BCUT2D eigenvalue weighted by atomic mass is 10.2. The van der Waals surface area contributed by atoms with Crippen molar-refractivity contribution in [2.24, 2.45) is 0 Å². The largest absolute Gasteiger partial charge is 0.468 e. The van der Waals surface area contributed by atoms with Crippen LogP contribution < -0.4 is 4.90 Å². The van der Waals surface area contributed by atoms with Crippen molar-refractivity contribution in [3.63, 3.8) is 0 Å². The fraction of sp³-hybridized carbons (Fsp3) is 0.250. The van der Waals surface area contributed by atoms with Gasteiger partial charge in [0.25, 0.3) is 5.69 Å². The number of hydrogen-bond acceptors (Lipinski definition) is 7. The van der Waals surface area contributed by atoms with E-state index < -0.39 is 10.9 Å². The van der Waals surface area contributed by atoms with Crippen LogP contribution in [0.1, 0.15) is 0 Å². The number of anilines is 1. The van der Waals surface area contributed by atoms with Crippen molar-refractivity contribution < 1.29 is 14.5 Å². The van der Waals surface area contributed by atoms with Crippen LogP contribution in [0.25, 0.3) is 10.9 Å². The van der Waals surface area contributed by atoms with E-state index in [9.17, 15) is 14.9 Å². The molecule has 1 aromatic carbocycles. The number of nitro groups is 1. The summed E-state index contributed by atoms with van der Waals surface area (Å²) in [5, 5.41) is 11.3. The summed E-state index contributed by atoms with van der Waals surface area (Å²) in [5.74, 6) is 0.00814. The molecule has 8 heteroatoms. The number of likely N-dealkylation sites (N-methyl/N-ethyl adjacent to an activating group) is 1. The van der Waals surface area contributed by atoms with Gasteiger partial charge in [0.15, 0.2) is 0 Å². The molecule has 0 N–H and O–H groups in total. The second kappa shape index (κ2) is 5.47. The molecule has 0 fully saturated rings. The minimum atomic E-state index is -0.490. The number of nitrogens with zero attached hydrogens (tertiary/aromatic N) is 4. The normalized spacial score (nSPS) is 10.3. The Morgan fingerprint density at radius 1 is 1.45 bits per heavy atom. The van der Waals surface area contributed by atoms with Crippen LogP contribution in [0.3, 0.4) is 0 Å². The highest BCUT2D eigenvalue weighted by molar-refractivity contribution is 5.92. The lowest BCUT2D eigenvalue weighted by Crippen LogP contribution is -2.27. The molecule has 0 amide bonds. The van der Waals surface area contributed by atoms with Gasteiger partial charge in [0.2, 0.25) is 0 Å². The Kier molecular flexibility index (Phi) is 3.74. The van der Waals surface area contributed by atoms with Gasteiger partial charge in [-0.2, -0.15) is 0 Å². The Hall–Kier alpha value is -2.77. The van der Waals surface area contributed by atoms with E-state index in [1.54, 1.807) is 18.0 Å². The minimum Gasteiger partial charge on any atom is -0.468 e. The maximum atomic E-state index is 11.3. The maximum Gasteiger partial charge on any atom is 0.325 e. The van der Waals surface area contributed by atoms with E-state index in [1.807, 2.05) is 0 Å². The van der Waals surface area contributed by atoms with Crippen molar-refractivity contribution in [3.05, 3.63) is 34.6 Å². The highest BCUT2D eigenvalue weighted by Gasteiger charge is 2.15. The maximum absolute atomic E-state index is 11.3. The van der Waals surface area contributed by atoms with Gasteiger partial charge in [-0.05, 0) is 6.07 Å². The quantitative estimate of drug-likeness (QED) is 0.469. The molecule has 2 aromatic rings. The molecule has 0 saturated heterocycles. The minimum absolute atomic E-state index is 0.00863. The van der Waals surface area contributed by atoms with E-state index in [-0.39, 0.29) is 12.2 Å². The van der Waals surface area contributed by atoms with Gasteiger partial charge >= 0.3 is 5.97 Å². The Labute approximate surface area is 114 Å². The average Bonchev–Trinajstić information content (AvgIpc) is 2.45. The van der Waals surface area contributed by atoms with E-state index in [0.717, 1.165) is 0 Å². The van der Waals surface area contributed by atoms with E-state index in [0.29, 0.717) is 16.7 Å². The fourth-order valence-corrected chi connectivity index (χ4v) is 1.78. The van der Waals surface area contributed by atoms with Crippen LogP contribution >= 0.6 is 0 Å². The number of ether oxygens (including phenoxy) is 1. The van der Waals surface area contributed by atoms with Crippen LogP contribution in [0.4, 0.5) is 11.5 Å². The molecule has 0 aliphatic heterocycles. The third-order valence-corrected chi connectivity index (χ3v) is 2.76. The lowest BCUT2D eigenvalue weighted by molar-refractivity contribution is -0.384. The van der Waals surface area contributed by atoms with Crippen LogP contribution in [0.5, 0.6) is 0 Å². The zero-order valence-electron chi connectivity index (χ0n) is 10.9. The van der Waals surface area contributed by atoms with Crippen LogP contribution in [0.15, 0.2) is 24.5 Å². The number of hydrogen-bond donors (Lipinski definition) is 0.